The SMILES string of the molecule is CC1C=C([Si](OCC2OC(C)([NH+]3C(NC(=O)C(C)C)=Nc4c3nc[nH]c4=O)C=C2O)(c2ccccc2)C(C)(C)C)C=CC1. The molecule has 0 saturated heterocycles. The number of aromatic amines is 1. The summed E-state index contributed by atoms with van der Waals surface area (Å²) in [4.78, 5) is 37.1. The summed E-state index contributed by atoms with van der Waals surface area (Å²) in [7, 11) is -2.89. The van der Waals surface area contributed by atoms with Crippen molar-refractivity contribution < 1.29 is 24.0 Å². The van der Waals surface area contributed by atoms with E-state index in [1.807, 2.05) is 18.2 Å². The van der Waals surface area contributed by atoms with Gasteiger partial charge in [0.25, 0.3) is 19.7 Å². The molecule has 0 fully saturated rings. The van der Waals surface area contributed by atoms with E-state index in [1.165, 1.54) is 11.5 Å². The predicted molar refractivity (Wildman–Crippen MR) is 168 cm³/mol. The van der Waals surface area contributed by atoms with Crippen LogP contribution in [0.25, 0.3) is 0 Å². The van der Waals surface area contributed by atoms with Crippen molar-refractivity contribution in [3.05, 3.63) is 82.3 Å². The van der Waals surface area contributed by atoms with Crippen molar-refractivity contribution >= 4 is 36.9 Å². The maximum absolute atomic E-state index is 12.7. The van der Waals surface area contributed by atoms with Crippen molar-refractivity contribution in [2.75, 3.05) is 6.61 Å². The Morgan fingerprint density at radius 3 is 2.67 bits per heavy atom. The number of nitrogens with zero attached hydrogens (tertiary/aromatic N) is 2. The minimum absolute atomic E-state index is 0.00855. The molecule has 43 heavy (non-hydrogen) atoms. The van der Waals surface area contributed by atoms with E-state index < -0.39 is 25.7 Å². The molecule has 0 spiro atoms. The van der Waals surface area contributed by atoms with E-state index in [1.54, 1.807) is 26.8 Å². The van der Waals surface area contributed by atoms with Crippen LogP contribution in [0.15, 0.2) is 81.7 Å². The van der Waals surface area contributed by atoms with Gasteiger partial charge in [-0.3, -0.25) is 14.9 Å². The third-order valence-electron chi connectivity index (χ3n) is 8.29. The highest BCUT2D eigenvalue weighted by Crippen LogP contribution is 2.44. The fraction of sp³-hybridized carbons (Fsp3) is 0.438. The van der Waals surface area contributed by atoms with Crippen LogP contribution in [-0.4, -0.2) is 53.7 Å². The van der Waals surface area contributed by atoms with Crippen LogP contribution in [0.4, 0.5) is 11.5 Å². The highest BCUT2D eigenvalue weighted by molar-refractivity contribution is 6.95. The largest absolute Gasteiger partial charge is 0.509 e. The lowest BCUT2D eigenvalue weighted by atomic mass is 10.0. The Bertz CT molecular complexity index is 1570. The first kappa shape index (κ1) is 30.8. The number of quaternary nitrogens is 1. The molecular weight excluding hydrogens is 562 g/mol. The van der Waals surface area contributed by atoms with Crippen LogP contribution in [0.3, 0.4) is 0 Å². The molecule has 10 nitrogen and oxygen atoms in total. The number of amides is 1. The molecule has 0 saturated carbocycles. The molecule has 228 valence electrons. The predicted octanol–water partition coefficient (Wildman–Crippen LogP) is 3.35. The highest BCUT2D eigenvalue weighted by Gasteiger charge is 2.55. The number of hydrogen-bond acceptors (Lipinski definition) is 7. The average molecular weight is 605 g/mol. The van der Waals surface area contributed by atoms with Gasteiger partial charge in [-0.1, -0.05) is 90.1 Å². The van der Waals surface area contributed by atoms with Gasteiger partial charge in [-0.25, -0.2) is 0 Å². The second-order valence-corrected chi connectivity index (χ2v) is 17.3. The topological polar surface area (TPSA) is 130 Å². The Kier molecular flexibility index (Phi) is 8.21. The molecule has 0 bridgehead atoms. The number of carbonyl (C=O) groups excluding carboxylic acids is 1. The quantitative estimate of drug-likeness (QED) is 0.359. The minimum Gasteiger partial charge on any atom is -0.509 e. The summed E-state index contributed by atoms with van der Waals surface area (Å²) >= 11 is 0. The minimum atomic E-state index is -2.89. The average Bonchev–Trinajstić information content (AvgIpc) is 3.46. The summed E-state index contributed by atoms with van der Waals surface area (Å²) in [5.74, 6) is 0.288. The molecule has 4 N–H and O–H groups in total. The van der Waals surface area contributed by atoms with Gasteiger partial charge < -0.3 is 19.3 Å². The number of H-pyrrole nitrogens is 1. The number of aliphatic imine (C=N–C) groups is 1. The van der Waals surface area contributed by atoms with Crippen LogP contribution in [0.2, 0.25) is 5.04 Å². The zero-order chi connectivity index (χ0) is 31.2. The number of fused-ring (bicyclic) bond motifs is 1. The van der Waals surface area contributed by atoms with Crippen LogP contribution in [0, 0.1) is 11.8 Å². The number of benzene rings is 1. The Morgan fingerprint density at radius 1 is 1.30 bits per heavy atom. The van der Waals surface area contributed by atoms with Gasteiger partial charge in [0, 0.05) is 18.9 Å². The normalized spacial score (nSPS) is 26.4. The molecule has 0 radical (unpaired) electrons. The number of aliphatic hydroxyl groups excluding tert-OH is 1. The molecule has 5 unspecified atom stereocenters. The first-order valence-corrected chi connectivity index (χ1v) is 16.7. The Hall–Kier alpha value is -3.64. The van der Waals surface area contributed by atoms with Crippen molar-refractivity contribution in [1.29, 1.82) is 0 Å². The van der Waals surface area contributed by atoms with Crippen molar-refractivity contribution in [3.63, 3.8) is 0 Å². The molecule has 3 heterocycles. The third kappa shape index (κ3) is 5.58. The van der Waals surface area contributed by atoms with Crippen LogP contribution < -0.4 is 21.0 Å². The summed E-state index contributed by atoms with van der Waals surface area (Å²) < 4.78 is 13.7. The fourth-order valence-electron chi connectivity index (χ4n) is 6.16. The zero-order valence-corrected chi connectivity index (χ0v) is 26.9. The van der Waals surface area contributed by atoms with Crippen molar-refractivity contribution in [2.24, 2.45) is 16.8 Å². The molecule has 5 rings (SSSR count). The van der Waals surface area contributed by atoms with E-state index in [0.29, 0.717) is 16.6 Å². The number of carbonyl (C=O) groups is 1. The van der Waals surface area contributed by atoms with Gasteiger partial charge in [0.15, 0.2) is 0 Å². The summed E-state index contributed by atoms with van der Waals surface area (Å²) in [5.41, 5.74) is -1.59. The summed E-state index contributed by atoms with van der Waals surface area (Å²) in [6.45, 7) is 14.3. The zero-order valence-electron chi connectivity index (χ0n) is 25.9. The molecular formula is C32H42N5O5Si+. The van der Waals surface area contributed by atoms with E-state index in [-0.39, 0.29) is 40.9 Å². The number of ether oxygens (including phenoxy) is 1. The molecule has 1 aliphatic carbocycles. The van der Waals surface area contributed by atoms with Crippen LogP contribution in [0.1, 0.15) is 54.9 Å². The molecule has 2 aromatic rings. The first-order valence-electron chi connectivity index (χ1n) is 14.8. The lowest BCUT2D eigenvalue weighted by molar-refractivity contribution is -0.823. The Morgan fingerprint density at radius 2 is 2.02 bits per heavy atom. The number of aromatic nitrogens is 2. The summed E-state index contributed by atoms with van der Waals surface area (Å²) in [6.07, 6.45) is 9.82. The number of aliphatic hydroxyl groups is 1. The summed E-state index contributed by atoms with van der Waals surface area (Å²) in [6, 6.07) is 10.4. The van der Waals surface area contributed by atoms with Gasteiger partial charge in [0.05, 0.1) is 6.61 Å². The Balaban J connectivity index is 1.49. The van der Waals surface area contributed by atoms with Gasteiger partial charge >= 0.3 is 5.96 Å². The first-order chi connectivity index (χ1) is 20.3. The molecule has 1 aromatic heterocycles. The number of hydrogen-bond donors (Lipinski definition) is 4. The Labute approximate surface area is 253 Å². The monoisotopic (exact) mass is 604 g/mol. The number of nitrogens with one attached hydrogen (secondary N) is 3. The van der Waals surface area contributed by atoms with Crippen molar-refractivity contribution in [3.8, 4) is 0 Å². The molecule has 5 atom stereocenters. The highest BCUT2D eigenvalue weighted by atomic mass is 28.4. The van der Waals surface area contributed by atoms with Gasteiger partial charge in [-0.15, -0.1) is 0 Å². The van der Waals surface area contributed by atoms with Crippen molar-refractivity contribution in [2.45, 2.75) is 71.8 Å². The number of guanidine groups is 1. The number of rotatable bonds is 7. The standard InChI is InChI=1S/C32H41N5O5Si/c1-20(2)28(39)36-30-35-26-27(33-19-34-29(26)40)37(30)32(7)17-24(38)25(42-32)18-41-43(31(4,5)6,22-13-9-8-10-14-22)23-15-11-12-21(3)16-23/h8-11,13-17,19-21,25,38H,12,18H2,1-7H3,(H,33,34,40)(H,35,36,39)/p+1. The van der Waals surface area contributed by atoms with Crippen molar-refractivity contribution in [1.82, 2.24) is 15.3 Å². The van der Waals surface area contributed by atoms with Crippen LogP contribution in [-0.2, 0) is 14.0 Å². The van der Waals surface area contributed by atoms with E-state index >= 15 is 0 Å². The lowest BCUT2D eigenvalue weighted by Crippen LogP contribution is -3.19. The number of allylic oxidation sites excluding steroid dienone is 4. The smallest absolute Gasteiger partial charge is 0.317 e. The van der Waals surface area contributed by atoms with Crippen LogP contribution in [0.5, 0.6) is 0 Å². The molecule has 11 heteroatoms. The van der Waals surface area contributed by atoms with Gasteiger partial charge in [-0.05, 0) is 27.8 Å². The maximum Gasteiger partial charge on any atom is 0.317 e. The molecule has 1 aromatic carbocycles. The maximum atomic E-state index is 12.7. The van der Waals surface area contributed by atoms with Gasteiger partial charge in [0.2, 0.25) is 17.3 Å². The van der Waals surface area contributed by atoms with Crippen LogP contribution >= 0.6 is 0 Å². The van der Waals surface area contributed by atoms with E-state index in [0.717, 1.165) is 11.6 Å². The third-order valence-corrected chi connectivity index (χ3v) is 13.3. The summed E-state index contributed by atoms with van der Waals surface area (Å²) in [5, 5.41) is 16.2. The van der Waals surface area contributed by atoms with E-state index in [9.17, 15) is 14.7 Å². The molecule has 1 amide bonds. The fourth-order valence-corrected chi connectivity index (χ4v) is 10.9. The van der Waals surface area contributed by atoms with E-state index in [2.05, 4.69) is 78.3 Å². The second-order valence-electron chi connectivity index (χ2n) is 13.0. The second kappa shape index (κ2) is 11.5. The molecule has 2 aliphatic heterocycles. The van der Waals surface area contributed by atoms with E-state index in [4.69, 9.17) is 9.16 Å². The van der Waals surface area contributed by atoms with Gasteiger partial charge in [-0.2, -0.15) is 14.9 Å². The molecule has 3 aliphatic rings. The lowest BCUT2D eigenvalue weighted by Gasteiger charge is -2.45. The van der Waals surface area contributed by atoms with Gasteiger partial charge in [0.1, 0.15) is 18.2 Å².